The summed E-state index contributed by atoms with van der Waals surface area (Å²) in [6.07, 6.45) is 0. The number of carbonyl (C=O) groups is 1. The van der Waals surface area contributed by atoms with Crippen molar-refractivity contribution in [2.45, 2.75) is 13.8 Å². The van der Waals surface area contributed by atoms with Crippen LogP contribution >= 0.6 is 15.9 Å². The number of aromatic amines is 1. The predicted molar refractivity (Wildman–Crippen MR) is 74.6 cm³/mol. The quantitative estimate of drug-likeness (QED) is 0.746. The number of hydrogen-bond acceptors (Lipinski definition) is 3. The van der Waals surface area contributed by atoms with Gasteiger partial charge in [0.1, 0.15) is 0 Å². The summed E-state index contributed by atoms with van der Waals surface area (Å²) in [7, 11) is 0. The van der Waals surface area contributed by atoms with E-state index in [0.717, 1.165) is 15.9 Å². The maximum atomic E-state index is 12.1. The summed E-state index contributed by atoms with van der Waals surface area (Å²) in [5.74, 6) is -0.207. The number of nitrogens with zero attached hydrogens (tertiary/aromatic N) is 1. The van der Waals surface area contributed by atoms with Gasteiger partial charge in [-0.25, -0.2) is 0 Å². The van der Waals surface area contributed by atoms with Crippen molar-refractivity contribution in [3.05, 3.63) is 39.6 Å². The average Bonchev–Trinajstić information content (AvgIpc) is 2.64. The Balaban J connectivity index is 2.25. The van der Waals surface area contributed by atoms with Gasteiger partial charge in [0, 0.05) is 15.7 Å². The molecule has 0 aliphatic carbocycles. The lowest BCUT2D eigenvalue weighted by molar-refractivity contribution is 0.102. The molecule has 0 saturated heterocycles. The van der Waals surface area contributed by atoms with Crippen molar-refractivity contribution in [3.63, 3.8) is 0 Å². The second-order valence-electron chi connectivity index (χ2n) is 4.00. The van der Waals surface area contributed by atoms with Crippen molar-refractivity contribution in [2.75, 3.05) is 11.1 Å². The Morgan fingerprint density at radius 1 is 1.44 bits per heavy atom. The molecule has 1 aromatic carbocycles. The third-order valence-corrected chi connectivity index (χ3v) is 3.35. The van der Waals surface area contributed by atoms with E-state index in [1.54, 1.807) is 18.2 Å². The number of nitrogens with two attached hydrogens (primary N) is 1. The molecule has 0 fully saturated rings. The molecule has 4 N–H and O–H groups in total. The Labute approximate surface area is 113 Å². The van der Waals surface area contributed by atoms with Crippen LogP contribution in [0.1, 0.15) is 21.7 Å². The molecule has 1 amide bonds. The van der Waals surface area contributed by atoms with E-state index in [4.69, 9.17) is 5.73 Å². The monoisotopic (exact) mass is 308 g/mol. The van der Waals surface area contributed by atoms with Crippen LogP contribution < -0.4 is 11.1 Å². The molecule has 0 atom stereocenters. The fourth-order valence-electron chi connectivity index (χ4n) is 1.61. The summed E-state index contributed by atoms with van der Waals surface area (Å²) in [4.78, 5) is 12.1. The predicted octanol–water partition coefficient (Wildman–Crippen LogP) is 2.62. The first kappa shape index (κ1) is 12.6. The molecule has 0 radical (unpaired) electrons. The lowest BCUT2D eigenvalue weighted by Gasteiger charge is -2.06. The number of carbonyl (C=O) groups excluding carboxylic acids is 1. The fraction of sp³-hybridized carbons (Fsp3) is 0.167. The molecule has 0 bridgehead atoms. The van der Waals surface area contributed by atoms with Gasteiger partial charge in [0.05, 0.1) is 17.1 Å². The third kappa shape index (κ3) is 2.38. The molecule has 94 valence electrons. The first-order chi connectivity index (χ1) is 8.49. The molecule has 1 aromatic heterocycles. The van der Waals surface area contributed by atoms with Crippen LogP contribution in [0.4, 0.5) is 11.4 Å². The number of H-pyrrole nitrogens is 1. The summed E-state index contributed by atoms with van der Waals surface area (Å²) in [5.41, 5.74) is 9.08. The molecule has 0 saturated carbocycles. The standard InChI is InChI=1S/C12H13BrN4O/c1-6-11(7(2)17-16-6)15-12(18)8-3-4-9(13)10(14)5-8/h3-5H,14H2,1-2H3,(H,15,18)(H,16,17). The number of benzene rings is 1. The molecule has 0 aliphatic rings. The first-order valence-corrected chi connectivity index (χ1v) is 6.16. The summed E-state index contributed by atoms with van der Waals surface area (Å²) in [6.45, 7) is 3.68. The van der Waals surface area contributed by atoms with Gasteiger partial charge in [-0.15, -0.1) is 0 Å². The number of aromatic nitrogens is 2. The van der Waals surface area contributed by atoms with Crippen molar-refractivity contribution in [1.82, 2.24) is 10.2 Å². The zero-order valence-corrected chi connectivity index (χ0v) is 11.6. The number of amides is 1. The average molecular weight is 309 g/mol. The molecule has 1 heterocycles. The number of halogens is 1. The van der Waals surface area contributed by atoms with Crippen LogP contribution in [-0.2, 0) is 0 Å². The zero-order chi connectivity index (χ0) is 13.3. The highest BCUT2D eigenvalue weighted by Gasteiger charge is 2.12. The van der Waals surface area contributed by atoms with Crippen molar-refractivity contribution >= 4 is 33.2 Å². The van der Waals surface area contributed by atoms with Crippen LogP contribution in [0.3, 0.4) is 0 Å². The molecular formula is C12H13BrN4O. The lowest BCUT2D eigenvalue weighted by Crippen LogP contribution is -2.13. The first-order valence-electron chi connectivity index (χ1n) is 5.37. The van der Waals surface area contributed by atoms with E-state index in [0.29, 0.717) is 16.9 Å². The fourth-order valence-corrected chi connectivity index (χ4v) is 1.85. The van der Waals surface area contributed by atoms with E-state index in [2.05, 4.69) is 31.4 Å². The Bertz CT molecular complexity index is 587. The summed E-state index contributed by atoms with van der Waals surface area (Å²) in [5, 5.41) is 9.66. The Hall–Kier alpha value is -1.82. The molecule has 18 heavy (non-hydrogen) atoms. The number of aryl methyl sites for hydroxylation is 2. The Kier molecular flexibility index (Phi) is 3.38. The SMILES string of the molecule is Cc1n[nH]c(C)c1NC(=O)c1ccc(Br)c(N)c1. The van der Waals surface area contributed by atoms with E-state index in [1.165, 1.54) is 0 Å². The van der Waals surface area contributed by atoms with Gasteiger partial charge in [0.25, 0.3) is 5.91 Å². The minimum Gasteiger partial charge on any atom is -0.398 e. The van der Waals surface area contributed by atoms with Crippen LogP contribution in [0.25, 0.3) is 0 Å². The maximum Gasteiger partial charge on any atom is 0.255 e. The van der Waals surface area contributed by atoms with Crippen molar-refractivity contribution in [3.8, 4) is 0 Å². The second kappa shape index (κ2) is 4.81. The van der Waals surface area contributed by atoms with Crippen LogP contribution in [0, 0.1) is 13.8 Å². The molecule has 5 nitrogen and oxygen atoms in total. The van der Waals surface area contributed by atoms with Gasteiger partial charge in [-0.3, -0.25) is 9.89 Å². The van der Waals surface area contributed by atoms with Crippen LogP contribution in [0.5, 0.6) is 0 Å². The summed E-state index contributed by atoms with van der Waals surface area (Å²) in [6, 6.07) is 5.09. The summed E-state index contributed by atoms with van der Waals surface area (Å²) < 4.78 is 0.773. The smallest absolute Gasteiger partial charge is 0.255 e. The third-order valence-electron chi connectivity index (χ3n) is 2.62. The normalized spacial score (nSPS) is 10.4. The van der Waals surface area contributed by atoms with Gasteiger partial charge in [-0.1, -0.05) is 0 Å². The largest absolute Gasteiger partial charge is 0.398 e. The molecule has 6 heteroatoms. The number of nitrogen functional groups attached to an aromatic ring is 1. The second-order valence-corrected chi connectivity index (χ2v) is 4.85. The highest BCUT2D eigenvalue weighted by Crippen LogP contribution is 2.22. The minimum absolute atomic E-state index is 0.207. The Morgan fingerprint density at radius 3 is 2.72 bits per heavy atom. The maximum absolute atomic E-state index is 12.1. The molecular weight excluding hydrogens is 296 g/mol. The molecule has 2 aromatic rings. The topological polar surface area (TPSA) is 83.8 Å². The highest BCUT2D eigenvalue weighted by molar-refractivity contribution is 9.10. The molecule has 2 rings (SSSR count). The van der Waals surface area contributed by atoms with Crippen LogP contribution in [-0.4, -0.2) is 16.1 Å². The molecule has 0 spiro atoms. The zero-order valence-electron chi connectivity index (χ0n) is 10.0. The van der Waals surface area contributed by atoms with Gasteiger partial charge < -0.3 is 11.1 Å². The van der Waals surface area contributed by atoms with Crippen molar-refractivity contribution in [2.24, 2.45) is 0 Å². The number of nitrogens with one attached hydrogen (secondary N) is 2. The van der Waals surface area contributed by atoms with Crippen molar-refractivity contribution < 1.29 is 4.79 Å². The number of hydrogen-bond donors (Lipinski definition) is 3. The van der Waals surface area contributed by atoms with E-state index in [-0.39, 0.29) is 5.91 Å². The van der Waals surface area contributed by atoms with E-state index < -0.39 is 0 Å². The molecule has 0 unspecified atom stereocenters. The highest BCUT2D eigenvalue weighted by atomic mass is 79.9. The summed E-state index contributed by atoms with van der Waals surface area (Å²) >= 11 is 3.29. The van der Waals surface area contributed by atoms with E-state index in [9.17, 15) is 4.79 Å². The number of anilines is 2. The minimum atomic E-state index is -0.207. The van der Waals surface area contributed by atoms with Crippen LogP contribution in [0.15, 0.2) is 22.7 Å². The van der Waals surface area contributed by atoms with E-state index in [1.807, 2.05) is 13.8 Å². The molecule has 0 aliphatic heterocycles. The van der Waals surface area contributed by atoms with Crippen molar-refractivity contribution in [1.29, 1.82) is 0 Å². The van der Waals surface area contributed by atoms with Gasteiger partial charge in [-0.05, 0) is 48.0 Å². The van der Waals surface area contributed by atoms with Gasteiger partial charge >= 0.3 is 0 Å². The van der Waals surface area contributed by atoms with Gasteiger partial charge in [0.15, 0.2) is 0 Å². The van der Waals surface area contributed by atoms with Gasteiger partial charge in [0.2, 0.25) is 0 Å². The van der Waals surface area contributed by atoms with Crippen LogP contribution in [0.2, 0.25) is 0 Å². The Morgan fingerprint density at radius 2 is 2.17 bits per heavy atom. The van der Waals surface area contributed by atoms with E-state index >= 15 is 0 Å². The lowest BCUT2D eigenvalue weighted by atomic mass is 10.2. The number of rotatable bonds is 2. The van der Waals surface area contributed by atoms with Gasteiger partial charge in [-0.2, -0.15) is 5.10 Å².